The molecule has 2 aromatic rings. The number of likely N-dealkylation sites (tertiary alicyclic amines) is 1. The Morgan fingerprint density at radius 2 is 2.07 bits per heavy atom. The monoisotopic (exact) mass is 419 g/mol. The first-order valence-electron chi connectivity index (χ1n) is 10.0. The third-order valence-electron chi connectivity index (χ3n) is 5.03. The number of aryl methyl sites for hydroxylation is 1. The highest BCUT2D eigenvalue weighted by molar-refractivity contribution is 7.09. The molecule has 0 spiro atoms. The third kappa shape index (κ3) is 6.47. The molecular formula is C21H30ClN5S. The van der Waals surface area contributed by atoms with Gasteiger partial charge in [0.05, 0.1) is 17.2 Å². The van der Waals surface area contributed by atoms with Gasteiger partial charge in [0.1, 0.15) is 0 Å². The van der Waals surface area contributed by atoms with E-state index < -0.39 is 0 Å². The van der Waals surface area contributed by atoms with Crippen molar-refractivity contribution in [2.45, 2.75) is 39.8 Å². The van der Waals surface area contributed by atoms with Crippen LogP contribution in [-0.4, -0.2) is 42.0 Å². The minimum Gasteiger partial charge on any atom is -0.357 e. The summed E-state index contributed by atoms with van der Waals surface area (Å²) in [6, 6.07) is 7.88. The second-order valence-electron chi connectivity index (χ2n) is 7.24. The molecule has 1 aromatic carbocycles. The van der Waals surface area contributed by atoms with Crippen LogP contribution in [0.4, 0.5) is 0 Å². The van der Waals surface area contributed by atoms with Crippen molar-refractivity contribution in [1.29, 1.82) is 0 Å². The van der Waals surface area contributed by atoms with Gasteiger partial charge >= 0.3 is 0 Å². The number of rotatable bonds is 7. The van der Waals surface area contributed by atoms with Gasteiger partial charge in [0.25, 0.3) is 0 Å². The van der Waals surface area contributed by atoms with Gasteiger partial charge in [0, 0.05) is 30.0 Å². The highest BCUT2D eigenvalue weighted by Crippen LogP contribution is 2.19. The van der Waals surface area contributed by atoms with E-state index in [0.29, 0.717) is 12.5 Å². The van der Waals surface area contributed by atoms with Crippen molar-refractivity contribution in [3.8, 4) is 0 Å². The number of nitrogens with zero attached hydrogens (tertiary/aromatic N) is 3. The van der Waals surface area contributed by atoms with Crippen LogP contribution in [0.15, 0.2) is 34.6 Å². The van der Waals surface area contributed by atoms with Crippen LogP contribution in [-0.2, 0) is 13.1 Å². The van der Waals surface area contributed by atoms with E-state index in [1.54, 1.807) is 11.3 Å². The van der Waals surface area contributed by atoms with Crippen LogP contribution in [0.2, 0.25) is 5.02 Å². The van der Waals surface area contributed by atoms with Crippen LogP contribution < -0.4 is 10.6 Å². The number of guanidine groups is 1. The number of piperidine rings is 1. The highest BCUT2D eigenvalue weighted by Gasteiger charge is 2.20. The van der Waals surface area contributed by atoms with Gasteiger partial charge in [-0.25, -0.2) is 9.98 Å². The lowest BCUT2D eigenvalue weighted by Gasteiger charge is -2.31. The summed E-state index contributed by atoms with van der Waals surface area (Å²) in [6.07, 6.45) is 2.42. The molecule has 7 heteroatoms. The molecule has 5 nitrogen and oxygen atoms in total. The zero-order chi connectivity index (χ0) is 19.8. The molecule has 0 unspecified atom stereocenters. The van der Waals surface area contributed by atoms with E-state index in [0.717, 1.165) is 54.3 Å². The summed E-state index contributed by atoms with van der Waals surface area (Å²) in [5, 5.41) is 11.0. The maximum Gasteiger partial charge on any atom is 0.191 e. The fourth-order valence-electron chi connectivity index (χ4n) is 3.43. The highest BCUT2D eigenvalue weighted by atomic mass is 35.5. The Balaban J connectivity index is 1.44. The van der Waals surface area contributed by atoms with Crippen molar-refractivity contribution < 1.29 is 0 Å². The lowest BCUT2D eigenvalue weighted by Crippen LogP contribution is -2.42. The number of hydrogen-bond donors (Lipinski definition) is 2. The van der Waals surface area contributed by atoms with E-state index in [1.165, 1.54) is 18.5 Å². The van der Waals surface area contributed by atoms with Crippen LogP contribution >= 0.6 is 22.9 Å². The first-order chi connectivity index (χ1) is 13.6. The molecule has 0 atom stereocenters. The van der Waals surface area contributed by atoms with E-state index in [9.17, 15) is 0 Å². The first-order valence-corrected chi connectivity index (χ1v) is 11.3. The molecule has 0 amide bonds. The number of benzene rings is 1. The summed E-state index contributed by atoms with van der Waals surface area (Å²) < 4.78 is 0. The molecule has 1 aliphatic heterocycles. The Morgan fingerprint density at radius 3 is 2.75 bits per heavy atom. The van der Waals surface area contributed by atoms with E-state index in [-0.39, 0.29) is 0 Å². The van der Waals surface area contributed by atoms with E-state index in [1.807, 2.05) is 24.3 Å². The summed E-state index contributed by atoms with van der Waals surface area (Å²) in [5.41, 5.74) is 2.26. The molecule has 1 fully saturated rings. The maximum atomic E-state index is 6.24. The lowest BCUT2D eigenvalue weighted by atomic mass is 9.97. The molecule has 2 N–H and O–H groups in total. The molecular weight excluding hydrogens is 390 g/mol. The molecule has 1 aliphatic rings. The molecule has 0 aliphatic carbocycles. The molecule has 1 saturated heterocycles. The van der Waals surface area contributed by atoms with Gasteiger partial charge in [-0.05, 0) is 57.3 Å². The number of aromatic nitrogens is 1. The zero-order valence-corrected chi connectivity index (χ0v) is 18.3. The van der Waals surface area contributed by atoms with Gasteiger partial charge in [-0.2, -0.15) is 0 Å². The quantitative estimate of drug-likeness (QED) is 0.524. The largest absolute Gasteiger partial charge is 0.357 e. The Morgan fingerprint density at radius 1 is 1.29 bits per heavy atom. The minimum atomic E-state index is 0.584. The summed E-state index contributed by atoms with van der Waals surface area (Å²) in [7, 11) is 0. The predicted molar refractivity (Wildman–Crippen MR) is 119 cm³/mol. The molecule has 0 radical (unpaired) electrons. The van der Waals surface area contributed by atoms with Crippen LogP contribution in [0.3, 0.4) is 0 Å². The SMILES string of the molecule is CCNC(=NCc1ccccc1Cl)NCC1CCN(Cc2csc(C)n2)CC1. The number of thiazole rings is 1. The van der Waals surface area contributed by atoms with Crippen molar-refractivity contribution in [3.05, 3.63) is 50.9 Å². The van der Waals surface area contributed by atoms with Gasteiger partial charge in [0.2, 0.25) is 0 Å². The van der Waals surface area contributed by atoms with E-state index >= 15 is 0 Å². The Labute approximate surface area is 177 Å². The molecule has 28 heavy (non-hydrogen) atoms. The van der Waals surface area contributed by atoms with Crippen LogP contribution in [0.5, 0.6) is 0 Å². The summed E-state index contributed by atoms with van der Waals surface area (Å²) in [6.45, 7) is 9.80. The van der Waals surface area contributed by atoms with Gasteiger partial charge in [-0.1, -0.05) is 29.8 Å². The summed E-state index contributed by atoms with van der Waals surface area (Å²) in [5.74, 6) is 1.54. The second kappa shape index (κ2) is 10.8. The topological polar surface area (TPSA) is 52.6 Å². The second-order valence-corrected chi connectivity index (χ2v) is 8.71. The van der Waals surface area contributed by atoms with Crippen molar-refractivity contribution in [2.24, 2.45) is 10.9 Å². The van der Waals surface area contributed by atoms with Crippen molar-refractivity contribution in [3.63, 3.8) is 0 Å². The summed E-state index contributed by atoms with van der Waals surface area (Å²) in [4.78, 5) is 11.8. The van der Waals surface area contributed by atoms with Crippen LogP contribution in [0, 0.1) is 12.8 Å². The maximum absolute atomic E-state index is 6.24. The van der Waals surface area contributed by atoms with Crippen LogP contribution in [0.1, 0.15) is 36.0 Å². The number of aliphatic imine (C=N–C) groups is 1. The van der Waals surface area contributed by atoms with Gasteiger partial charge in [-0.15, -0.1) is 11.3 Å². The average Bonchev–Trinajstić information content (AvgIpc) is 3.11. The van der Waals surface area contributed by atoms with E-state index in [4.69, 9.17) is 16.6 Å². The molecule has 2 heterocycles. The fraction of sp³-hybridized carbons (Fsp3) is 0.524. The van der Waals surface area contributed by atoms with Gasteiger partial charge < -0.3 is 10.6 Å². The Kier molecular flexibility index (Phi) is 8.13. The Hall–Kier alpha value is -1.63. The third-order valence-corrected chi connectivity index (χ3v) is 6.22. The van der Waals surface area contributed by atoms with Crippen molar-refractivity contribution in [2.75, 3.05) is 26.2 Å². The van der Waals surface area contributed by atoms with Gasteiger partial charge in [0.15, 0.2) is 5.96 Å². The fourth-order valence-corrected chi connectivity index (χ4v) is 4.23. The van der Waals surface area contributed by atoms with Crippen molar-refractivity contribution in [1.82, 2.24) is 20.5 Å². The molecule has 1 aromatic heterocycles. The summed E-state index contributed by atoms with van der Waals surface area (Å²) >= 11 is 7.98. The molecule has 152 valence electrons. The normalized spacial score (nSPS) is 16.3. The smallest absolute Gasteiger partial charge is 0.191 e. The lowest BCUT2D eigenvalue weighted by molar-refractivity contribution is 0.176. The molecule has 3 rings (SSSR count). The molecule has 0 saturated carbocycles. The predicted octanol–water partition coefficient (Wildman–Crippen LogP) is 4.07. The van der Waals surface area contributed by atoms with E-state index in [2.05, 4.69) is 39.7 Å². The Bertz CT molecular complexity index is 768. The molecule has 0 bridgehead atoms. The van der Waals surface area contributed by atoms with Gasteiger partial charge in [-0.3, -0.25) is 4.90 Å². The zero-order valence-electron chi connectivity index (χ0n) is 16.7. The minimum absolute atomic E-state index is 0.584. The van der Waals surface area contributed by atoms with Crippen molar-refractivity contribution >= 4 is 28.9 Å². The first kappa shape index (κ1) is 21.1. The number of halogens is 1. The standard InChI is InChI=1S/C21H30ClN5S/c1-3-23-21(25-13-18-6-4-5-7-20(18)22)24-12-17-8-10-27(11-9-17)14-19-15-28-16(2)26-19/h4-7,15,17H,3,8-14H2,1-2H3,(H2,23,24,25). The number of nitrogens with one attached hydrogen (secondary N) is 2. The van der Waals surface area contributed by atoms with Crippen LogP contribution in [0.25, 0.3) is 0 Å². The number of hydrogen-bond acceptors (Lipinski definition) is 4. The average molecular weight is 420 g/mol.